The molecule has 1 rings (SSSR count). The second-order valence-electron chi connectivity index (χ2n) is 4.72. The van der Waals surface area contributed by atoms with Gasteiger partial charge < -0.3 is 10.2 Å². The molecule has 0 aromatic heterocycles. The highest BCUT2D eigenvalue weighted by Crippen LogP contribution is 2.23. The summed E-state index contributed by atoms with van der Waals surface area (Å²) < 4.78 is 53.5. The third kappa shape index (κ3) is 3.55. The Balaban J connectivity index is 3.40. The van der Waals surface area contributed by atoms with Crippen LogP contribution >= 0.6 is 0 Å². The van der Waals surface area contributed by atoms with Crippen molar-refractivity contribution >= 4 is 16.0 Å². The van der Waals surface area contributed by atoms with Crippen LogP contribution in [-0.4, -0.2) is 36.7 Å². The van der Waals surface area contributed by atoms with Gasteiger partial charge in [0.1, 0.15) is 16.3 Å². The molecule has 0 heterocycles. The number of rotatable bonds is 6. The van der Waals surface area contributed by atoms with E-state index in [4.69, 9.17) is 5.11 Å². The van der Waals surface area contributed by atoms with Gasteiger partial charge >= 0.3 is 5.97 Å². The molecule has 9 heteroatoms. The lowest BCUT2D eigenvalue weighted by atomic mass is 10.0. The summed E-state index contributed by atoms with van der Waals surface area (Å²) in [5.74, 6) is -4.98. The van der Waals surface area contributed by atoms with Crippen LogP contribution in [0.3, 0.4) is 0 Å². The monoisotopic (exact) mass is 323 g/mol. The Bertz CT molecular complexity index is 656. The first-order chi connectivity index (χ1) is 9.58. The Morgan fingerprint density at radius 1 is 1.38 bits per heavy atom. The summed E-state index contributed by atoms with van der Waals surface area (Å²) in [5.41, 5.74) is -2.59. The molecule has 3 N–H and O–H groups in total. The number of aliphatic hydroxyl groups excluding tert-OH is 1. The molecule has 1 aromatic carbocycles. The molecule has 0 spiro atoms. The van der Waals surface area contributed by atoms with Gasteiger partial charge in [0.05, 0.1) is 12.1 Å². The fraction of sp³-hybridized carbons (Fsp3) is 0.417. The van der Waals surface area contributed by atoms with Crippen LogP contribution in [0.1, 0.15) is 30.6 Å². The summed E-state index contributed by atoms with van der Waals surface area (Å²) in [6.07, 6.45) is 0.206. The SMILES string of the molecule is CCC(C)(CO)NS(=O)(=O)c1ccc(F)c(C(=O)O)c1F. The van der Waals surface area contributed by atoms with E-state index in [9.17, 15) is 27.1 Å². The lowest BCUT2D eigenvalue weighted by Gasteiger charge is -2.26. The summed E-state index contributed by atoms with van der Waals surface area (Å²) in [5, 5.41) is 17.9. The molecule has 0 saturated carbocycles. The van der Waals surface area contributed by atoms with Gasteiger partial charge in [-0.2, -0.15) is 0 Å². The molecule has 118 valence electrons. The number of carbonyl (C=O) groups is 1. The first-order valence-electron chi connectivity index (χ1n) is 5.94. The summed E-state index contributed by atoms with van der Waals surface area (Å²) in [4.78, 5) is 9.79. The lowest BCUT2D eigenvalue weighted by molar-refractivity contribution is 0.0685. The Morgan fingerprint density at radius 3 is 2.38 bits per heavy atom. The van der Waals surface area contributed by atoms with E-state index in [1.807, 2.05) is 0 Å². The number of carboxylic acids is 1. The van der Waals surface area contributed by atoms with Crippen LogP contribution in [0, 0.1) is 11.6 Å². The molecule has 1 atom stereocenters. The van der Waals surface area contributed by atoms with E-state index in [-0.39, 0.29) is 6.42 Å². The first-order valence-corrected chi connectivity index (χ1v) is 7.42. The summed E-state index contributed by atoms with van der Waals surface area (Å²) in [6, 6.07) is 1.19. The predicted molar refractivity (Wildman–Crippen MR) is 69.4 cm³/mol. The number of benzene rings is 1. The van der Waals surface area contributed by atoms with Crippen LogP contribution in [0.2, 0.25) is 0 Å². The molecule has 0 amide bonds. The van der Waals surface area contributed by atoms with Crippen molar-refractivity contribution < 1.29 is 32.2 Å². The smallest absolute Gasteiger partial charge is 0.341 e. The van der Waals surface area contributed by atoms with E-state index < -0.39 is 50.2 Å². The number of halogens is 2. The van der Waals surface area contributed by atoms with Gasteiger partial charge in [-0.1, -0.05) is 6.92 Å². The molecule has 21 heavy (non-hydrogen) atoms. The highest BCUT2D eigenvalue weighted by Gasteiger charge is 2.32. The highest BCUT2D eigenvalue weighted by molar-refractivity contribution is 7.89. The highest BCUT2D eigenvalue weighted by atomic mass is 32.2. The predicted octanol–water partition coefficient (Wildman–Crippen LogP) is 1.10. The Morgan fingerprint density at radius 2 is 1.95 bits per heavy atom. The number of hydrogen-bond acceptors (Lipinski definition) is 4. The van der Waals surface area contributed by atoms with Crippen LogP contribution in [-0.2, 0) is 10.0 Å². The van der Waals surface area contributed by atoms with E-state index in [1.165, 1.54) is 6.92 Å². The van der Waals surface area contributed by atoms with Crippen molar-refractivity contribution in [2.45, 2.75) is 30.7 Å². The molecule has 1 unspecified atom stereocenters. The molecule has 0 aliphatic heterocycles. The van der Waals surface area contributed by atoms with Crippen molar-refractivity contribution in [1.29, 1.82) is 0 Å². The van der Waals surface area contributed by atoms with Crippen molar-refractivity contribution in [2.24, 2.45) is 0 Å². The van der Waals surface area contributed by atoms with Crippen LogP contribution in [0.25, 0.3) is 0 Å². The lowest BCUT2D eigenvalue weighted by Crippen LogP contribution is -2.48. The average molecular weight is 323 g/mol. The normalized spacial score (nSPS) is 14.7. The molecule has 1 aromatic rings. The minimum atomic E-state index is -4.46. The fourth-order valence-corrected chi connectivity index (χ4v) is 3.09. The van der Waals surface area contributed by atoms with Gasteiger partial charge in [-0.15, -0.1) is 0 Å². The number of carboxylic acid groups (broad SMARTS) is 1. The molecule has 0 aliphatic carbocycles. The number of aromatic carboxylic acids is 1. The Hall–Kier alpha value is -1.58. The van der Waals surface area contributed by atoms with E-state index in [1.54, 1.807) is 6.92 Å². The molecular weight excluding hydrogens is 308 g/mol. The third-order valence-corrected chi connectivity index (χ3v) is 4.72. The minimum Gasteiger partial charge on any atom is -0.477 e. The van der Waals surface area contributed by atoms with Gasteiger partial charge in [0, 0.05) is 0 Å². The van der Waals surface area contributed by atoms with Crippen molar-refractivity contribution in [2.75, 3.05) is 6.61 Å². The van der Waals surface area contributed by atoms with Crippen molar-refractivity contribution in [1.82, 2.24) is 4.72 Å². The topological polar surface area (TPSA) is 104 Å². The largest absolute Gasteiger partial charge is 0.477 e. The molecule has 6 nitrogen and oxygen atoms in total. The van der Waals surface area contributed by atoms with Gasteiger partial charge in [-0.25, -0.2) is 26.7 Å². The van der Waals surface area contributed by atoms with Crippen molar-refractivity contribution in [3.05, 3.63) is 29.3 Å². The quantitative estimate of drug-likeness (QED) is 0.727. The third-order valence-electron chi connectivity index (χ3n) is 3.07. The molecule has 0 fully saturated rings. The van der Waals surface area contributed by atoms with E-state index in [0.29, 0.717) is 12.1 Å². The van der Waals surface area contributed by atoms with Gasteiger partial charge in [0.2, 0.25) is 10.0 Å². The summed E-state index contributed by atoms with van der Waals surface area (Å²) >= 11 is 0. The Labute approximate surface area is 120 Å². The maximum absolute atomic E-state index is 14.0. The average Bonchev–Trinajstić information content (AvgIpc) is 2.37. The minimum absolute atomic E-state index is 0.206. The van der Waals surface area contributed by atoms with Crippen molar-refractivity contribution in [3.63, 3.8) is 0 Å². The maximum atomic E-state index is 14.0. The number of nitrogens with one attached hydrogen (secondary N) is 1. The van der Waals surface area contributed by atoms with Gasteiger partial charge in [0.15, 0.2) is 5.82 Å². The van der Waals surface area contributed by atoms with Gasteiger partial charge in [-0.05, 0) is 25.5 Å². The first kappa shape index (κ1) is 17.5. The summed E-state index contributed by atoms with van der Waals surface area (Å²) in [6.45, 7) is 2.45. The maximum Gasteiger partial charge on any atom is 0.341 e. The second-order valence-corrected chi connectivity index (χ2v) is 6.37. The zero-order valence-electron chi connectivity index (χ0n) is 11.4. The zero-order chi connectivity index (χ0) is 16.4. The fourth-order valence-electron chi connectivity index (χ4n) is 1.53. The van der Waals surface area contributed by atoms with Crippen LogP contribution in [0.15, 0.2) is 17.0 Å². The van der Waals surface area contributed by atoms with Crippen LogP contribution in [0.5, 0.6) is 0 Å². The van der Waals surface area contributed by atoms with E-state index in [0.717, 1.165) is 0 Å². The van der Waals surface area contributed by atoms with E-state index >= 15 is 0 Å². The van der Waals surface area contributed by atoms with Gasteiger partial charge in [-0.3, -0.25) is 0 Å². The molecule has 0 radical (unpaired) electrons. The van der Waals surface area contributed by atoms with Crippen LogP contribution in [0.4, 0.5) is 8.78 Å². The molecular formula is C12H15F2NO5S. The standard InChI is InChI=1S/C12H15F2NO5S/c1-3-12(2,6-16)15-21(19,20)8-5-4-7(13)9(10(8)14)11(17)18/h4-5,15-16H,3,6H2,1-2H3,(H,17,18). The van der Waals surface area contributed by atoms with Gasteiger partial charge in [0.25, 0.3) is 0 Å². The van der Waals surface area contributed by atoms with Crippen molar-refractivity contribution in [3.8, 4) is 0 Å². The molecule has 0 aliphatic rings. The second kappa shape index (κ2) is 6.04. The number of sulfonamides is 1. The van der Waals surface area contributed by atoms with Crippen LogP contribution < -0.4 is 4.72 Å². The number of aliphatic hydroxyl groups is 1. The molecule has 0 saturated heterocycles. The molecule has 0 bridgehead atoms. The number of hydrogen-bond donors (Lipinski definition) is 3. The summed E-state index contributed by atoms with van der Waals surface area (Å²) in [7, 11) is -4.46. The zero-order valence-corrected chi connectivity index (χ0v) is 12.2. The Kier molecular flexibility index (Phi) is 5.03. The van der Waals surface area contributed by atoms with E-state index in [2.05, 4.69) is 4.72 Å².